The normalized spacial score (nSPS) is 23.5. The van der Waals surface area contributed by atoms with E-state index in [9.17, 15) is 36.0 Å². The predicted octanol–water partition coefficient (Wildman–Crippen LogP) is 1.91. The maximum Gasteiger partial charge on any atom is 0.408 e. The lowest BCUT2D eigenvalue weighted by Crippen LogP contribution is -2.64. The van der Waals surface area contributed by atoms with E-state index < -0.39 is 90.1 Å². The summed E-state index contributed by atoms with van der Waals surface area (Å²) < 4.78 is 73.2. The average Bonchev–Trinajstić information content (AvgIpc) is 3.97. The maximum atomic E-state index is 14.6. The fourth-order valence-corrected chi connectivity index (χ4v) is 7.73. The minimum absolute atomic E-state index is 0.000931. The topological polar surface area (TPSA) is 226 Å². The number of pyridine rings is 1. The third-order valence-electron chi connectivity index (χ3n) is 9.68. The molecule has 2 saturated carbocycles. The molecule has 3 aliphatic rings. The first-order valence-electron chi connectivity index (χ1n) is 17.3. The smallest absolute Gasteiger partial charge is 0.408 e. The molecule has 296 valence electrons. The van der Waals surface area contributed by atoms with Crippen molar-refractivity contribution in [2.75, 3.05) is 19.9 Å². The van der Waals surface area contributed by atoms with E-state index in [1.807, 2.05) is 4.72 Å². The molecular formula is C35H47N5O12S2. The van der Waals surface area contributed by atoms with Gasteiger partial charge in [0.1, 0.15) is 35.1 Å². The van der Waals surface area contributed by atoms with E-state index in [2.05, 4.69) is 22.2 Å². The van der Waals surface area contributed by atoms with Gasteiger partial charge in [-0.05, 0) is 83.5 Å². The Labute approximate surface area is 314 Å². The first-order valence-corrected chi connectivity index (χ1v) is 20.6. The fourth-order valence-electron chi connectivity index (χ4n) is 6.13. The number of alkyl carbamates (subject to hydrolysis) is 1. The molecule has 17 nitrogen and oxygen atoms in total. The Hall–Kier alpha value is -4.49. The van der Waals surface area contributed by atoms with Gasteiger partial charge in [-0.2, -0.15) is 8.42 Å². The summed E-state index contributed by atoms with van der Waals surface area (Å²) in [5.41, 5.74) is -2.75. The van der Waals surface area contributed by atoms with E-state index in [0.29, 0.717) is 24.0 Å². The molecule has 0 radical (unpaired) electrons. The molecule has 3 N–H and O–H groups in total. The summed E-state index contributed by atoms with van der Waals surface area (Å²) in [6.45, 7) is 10.7. The van der Waals surface area contributed by atoms with Crippen LogP contribution in [0.2, 0.25) is 0 Å². The lowest BCUT2D eigenvalue weighted by atomic mass is 10.0. The van der Waals surface area contributed by atoms with Crippen LogP contribution in [0, 0.1) is 5.92 Å². The van der Waals surface area contributed by atoms with Gasteiger partial charge in [0.2, 0.25) is 17.7 Å². The summed E-state index contributed by atoms with van der Waals surface area (Å²) in [5, 5.41) is 6.38. The second-order valence-corrected chi connectivity index (χ2v) is 19.2. The number of amides is 4. The van der Waals surface area contributed by atoms with Crippen LogP contribution in [0.5, 0.6) is 11.6 Å². The van der Waals surface area contributed by atoms with Gasteiger partial charge in [-0.25, -0.2) is 22.9 Å². The highest BCUT2D eigenvalue weighted by Crippen LogP contribution is 2.45. The Bertz CT molecular complexity index is 2060. The highest BCUT2D eigenvalue weighted by Gasteiger charge is 2.62. The molecule has 2 aromatic rings. The Kier molecular flexibility index (Phi) is 11.0. The predicted molar refractivity (Wildman–Crippen MR) is 195 cm³/mol. The van der Waals surface area contributed by atoms with Crippen LogP contribution in [-0.2, 0) is 43.4 Å². The molecular weight excluding hydrogens is 747 g/mol. The summed E-state index contributed by atoms with van der Waals surface area (Å²) in [5.74, 6) is -2.76. The second kappa shape index (κ2) is 14.6. The molecule has 1 aromatic heterocycles. The van der Waals surface area contributed by atoms with Gasteiger partial charge in [-0.1, -0.05) is 6.08 Å². The number of sulfone groups is 1. The highest BCUT2D eigenvalue weighted by molar-refractivity contribution is 7.92. The van der Waals surface area contributed by atoms with E-state index in [0.717, 1.165) is 16.5 Å². The summed E-state index contributed by atoms with van der Waals surface area (Å²) in [7, 11) is -7.03. The van der Waals surface area contributed by atoms with E-state index in [1.54, 1.807) is 45.0 Å². The summed E-state index contributed by atoms with van der Waals surface area (Å²) in [6.07, 6.45) is 2.18. The number of fused-ring (bicyclic) bond motifs is 1. The van der Waals surface area contributed by atoms with Crippen LogP contribution >= 0.6 is 0 Å². The molecule has 4 amide bonds. The standard InChI is InChI=1S/C35H47N5O12S2/c1-9-21-18-35(21,31(43)39-54(47,48)52-22-10-11-22)38-28(41)26-17-24(50-29-25-13-12-23(49-7)16-20(25)14-15-36-29)19-40(26)30(42)27(34(5,6)53(8,45)46)37-32(44)51-33(2,3)4/h9,12-16,21-22,24,26-27H,1,10-11,17-19H2,2-8H3,(H,37,44)(H,38,41)(H,39,43)/t21-,24-,26+,27-,35-/m1/s1. The van der Waals surface area contributed by atoms with E-state index in [1.165, 1.54) is 33.2 Å². The number of ether oxygens (including phenoxy) is 3. The first kappa shape index (κ1) is 40.7. The molecule has 1 aromatic carbocycles. The molecule has 3 fully saturated rings. The van der Waals surface area contributed by atoms with Crippen molar-refractivity contribution in [1.29, 1.82) is 0 Å². The van der Waals surface area contributed by atoms with Gasteiger partial charge in [0.05, 0.1) is 24.5 Å². The van der Waals surface area contributed by atoms with Gasteiger partial charge in [0.15, 0.2) is 9.84 Å². The minimum Gasteiger partial charge on any atom is -0.497 e. The Morgan fingerprint density at radius 3 is 2.31 bits per heavy atom. The number of likely N-dealkylation sites (tertiary alicyclic amines) is 1. The Morgan fingerprint density at radius 1 is 1.06 bits per heavy atom. The molecule has 19 heteroatoms. The van der Waals surface area contributed by atoms with Crippen molar-refractivity contribution in [3.63, 3.8) is 0 Å². The van der Waals surface area contributed by atoms with Crippen LogP contribution in [0.1, 0.15) is 60.3 Å². The van der Waals surface area contributed by atoms with E-state index in [-0.39, 0.29) is 25.3 Å². The molecule has 1 aliphatic heterocycles. The molecule has 1 saturated heterocycles. The molecule has 5 atom stereocenters. The van der Waals surface area contributed by atoms with E-state index >= 15 is 0 Å². The van der Waals surface area contributed by atoms with Crippen molar-refractivity contribution in [3.8, 4) is 11.6 Å². The van der Waals surface area contributed by atoms with Crippen LogP contribution < -0.4 is 24.8 Å². The zero-order valence-corrected chi connectivity index (χ0v) is 32.8. The van der Waals surface area contributed by atoms with Gasteiger partial charge in [0, 0.05) is 30.2 Å². The van der Waals surface area contributed by atoms with E-state index in [4.69, 9.17) is 18.4 Å². The molecule has 2 heterocycles. The van der Waals surface area contributed by atoms with Gasteiger partial charge in [-0.15, -0.1) is 6.58 Å². The number of nitrogens with zero attached hydrogens (tertiary/aromatic N) is 2. The van der Waals surface area contributed by atoms with Gasteiger partial charge in [0.25, 0.3) is 5.91 Å². The third kappa shape index (κ3) is 8.89. The third-order valence-corrected chi connectivity index (χ3v) is 12.8. The number of carbonyl (C=O) groups excluding carboxylic acids is 4. The number of aromatic nitrogens is 1. The molecule has 0 bridgehead atoms. The van der Waals surface area contributed by atoms with Crippen molar-refractivity contribution in [2.24, 2.45) is 5.92 Å². The molecule has 2 aliphatic carbocycles. The number of hydrogen-bond donors (Lipinski definition) is 3. The van der Waals surface area contributed by atoms with Crippen LogP contribution in [0.25, 0.3) is 10.8 Å². The number of benzene rings is 1. The molecule has 54 heavy (non-hydrogen) atoms. The summed E-state index contributed by atoms with van der Waals surface area (Å²) in [4.78, 5) is 60.8. The quantitative estimate of drug-likeness (QED) is 0.233. The number of carbonyl (C=O) groups is 4. The monoisotopic (exact) mass is 793 g/mol. The number of methoxy groups -OCH3 is 1. The largest absolute Gasteiger partial charge is 0.497 e. The van der Waals surface area contributed by atoms with Crippen molar-refractivity contribution in [2.45, 2.75) is 100 Å². The Morgan fingerprint density at radius 2 is 1.74 bits per heavy atom. The van der Waals surface area contributed by atoms with Gasteiger partial charge in [-0.3, -0.25) is 18.6 Å². The SMILES string of the molecule is C=C[C@@H]1C[C@]1(NC(=O)[C@@H]1C[C@@H](Oc2nccc3cc(OC)ccc23)CN1C(=O)[C@@H](NC(=O)OC(C)(C)C)C(C)(C)S(C)(=O)=O)C(=O)NS(=O)(=O)OC1CC1. The van der Waals surface area contributed by atoms with Crippen molar-refractivity contribution < 1.29 is 54.4 Å². The number of hydrogen-bond acceptors (Lipinski definition) is 13. The minimum atomic E-state index is -4.50. The Balaban J connectivity index is 1.49. The van der Waals surface area contributed by atoms with Crippen LogP contribution in [0.4, 0.5) is 4.79 Å². The van der Waals surface area contributed by atoms with Crippen LogP contribution in [-0.4, -0.2) is 111 Å². The average molecular weight is 794 g/mol. The second-order valence-electron chi connectivity index (χ2n) is 15.3. The highest BCUT2D eigenvalue weighted by atomic mass is 32.2. The lowest BCUT2D eigenvalue weighted by Gasteiger charge is -2.36. The fraction of sp³-hybridized carbons (Fsp3) is 0.571. The number of rotatable bonds is 14. The van der Waals surface area contributed by atoms with Crippen molar-refractivity contribution in [1.82, 2.24) is 25.2 Å². The summed E-state index contributed by atoms with van der Waals surface area (Å²) >= 11 is 0. The lowest BCUT2D eigenvalue weighted by molar-refractivity contribution is -0.141. The van der Waals surface area contributed by atoms with Crippen molar-refractivity contribution in [3.05, 3.63) is 43.1 Å². The summed E-state index contributed by atoms with van der Waals surface area (Å²) in [6, 6.07) is 3.81. The van der Waals surface area contributed by atoms with Crippen molar-refractivity contribution >= 4 is 54.7 Å². The molecule has 5 rings (SSSR count). The number of nitrogens with one attached hydrogen (secondary N) is 3. The molecule has 0 unspecified atom stereocenters. The zero-order valence-electron chi connectivity index (χ0n) is 31.2. The van der Waals surface area contributed by atoms with Crippen LogP contribution in [0.3, 0.4) is 0 Å². The zero-order chi connectivity index (χ0) is 40.0. The van der Waals surface area contributed by atoms with Crippen LogP contribution in [0.15, 0.2) is 43.1 Å². The first-order chi connectivity index (χ1) is 25.0. The van der Waals surface area contributed by atoms with Gasteiger partial charge < -0.3 is 29.7 Å². The maximum absolute atomic E-state index is 14.6. The molecule has 0 spiro atoms. The van der Waals surface area contributed by atoms with Gasteiger partial charge >= 0.3 is 16.4 Å².